The van der Waals surface area contributed by atoms with Crippen molar-refractivity contribution in [3.63, 3.8) is 0 Å². The summed E-state index contributed by atoms with van der Waals surface area (Å²) < 4.78 is 2.38. The van der Waals surface area contributed by atoms with Gasteiger partial charge in [-0.15, -0.1) is 11.3 Å². The molecule has 7 heteroatoms. The van der Waals surface area contributed by atoms with E-state index in [2.05, 4.69) is 6.92 Å². The summed E-state index contributed by atoms with van der Waals surface area (Å²) in [5.74, 6) is -0.902. The second-order valence-corrected chi connectivity index (χ2v) is 8.55. The minimum atomic E-state index is -1.44. The maximum absolute atomic E-state index is 13.0. The Morgan fingerprint density at radius 1 is 1.21 bits per heavy atom. The Kier molecular flexibility index (Phi) is 4.93. The van der Waals surface area contributed by atoms with Crippen LogP contribution < -0.4 is 16.4 Å². The molecular formula is C21H21N2O4S-. The number of nitrogens with zero attached hydrogens (tertiary/aromatic N) is 2. The molecule has 1 aliphatic rings. The number of aliphatic carboxylic acids is 1. The van der Waals surface area contributed by atoms with Gasteiger partial charge < -0.3 is 9.90 Å². The maximum Gasteiger partial charge on any atom is 0.332 e. The molecule has 0 saturated heterocycles. The zero-order chi connectivity index (χ0) is 19.8. The molecule has 1 aliphatic carbocycles. The summed E-state index contributed by atoms with van der Waals surface area (Å²) in [6, 6.07) is 9.79. The highest BCUT2D eigenvalue weighted by Gasteiger charge is 2.25. The first kappa shape index (κ1) is 18.7. The molecular weight excluding hydrogens is 376 g/mol. The Labute approximate surface area is 165 Å². The normalized spacial score (nSPS) is 16.2. The first-order valence-electron chi connectivity index (χ1n) is 9.47. The smallest absolute Gasteiger partial charge is 0.332 e. The first-order chi connectivity index (χ1) is 13.5. The fourth-order valence-corrected chi connectivity index (χ4v) is 5.47. The van der Waals surface area contributed by atoms with Gasteiger partial charge in [0.1, 0.15) is 4.83 Å². The lowest BCUT2D eigenvalue weighted by Gasteiger charge is -2.17. The molecule has 1 atom stereocenters. The number of hydrogen-bond acceptors (Lipinski definition) is 5. The van der Waals surface area contributed by atoms with Gasteiger partial charge in [-0.2, -0.15) is 0 Å². The minimum absolute atomic E-state index is 0.390. The lowest BCUT2D eigenvalue weighted by molar-refractivity contribution is -0.306. The molecule has 0 amide bonds. The summed E-state index contributed by atoms with van der Waals surface area (Å²) in [6.45, 7) is 1.85. The van der Waals surface area contributed by atoms with Gasteiger partial charge in [0, 0.05) is 11.4 Å². The zero-order valence-electron chi connectivity index (χ0n) is 15.6. The Bertz CT molecular complexity index is 1160. The topological polar surface area (TPSA) is 84.1 Å². The van der Waals surface area contributed by atoms with E-state index >= 15 is 0 Å². The number of carboxylic acid groups (broad SMARTS) is 1. The third-order valence-electron chi connectivity index (χ3n) is 5.41. The molecule has 146 valence electrons. The molecule has 0 saturated carbocycles. The Hall–Kier alpha value is -2.67. The van der Waals surface area contributed by atoms with Crippen LogP contribution in [-0.4, -0.2) is 15.1 Å². The van der Waals surface area contributed by atoms with Crippen LogP contribution in [0.15, 0.2) is 39.9 Å². The number of hydrogen-bond donors (Lipinski definition) is 0. The van der Waals surface area contributed by atoms with E-state index in [9.17, 15) is 19.5 Å². The van der Waals surface area contributed by atoms with Gasteiger partial charge in [0.15, 0.2) is 0 Å². The Balaban J connectivity index is 1.90. The van der Waals surface area contributed by atoms with E-state index in [1.54, 1.807) is 4.57 Å². The summed E-state index contributed by atoms with van der Waals surface area (Å²) >= 11 is 1.51. The number of carboxylic acids is 1. The number of carbonyl (C=O) groups excluding carboxylic acids is 1. The van der Waals surface area contributed by atoms with Crippen molar-refractivity contribution in [3.8, 4) is 0 Å². The van der Waals surface area contributed by atoms with Crippen molar-refractivity contribution in [2.45, 2.75) is 45.7 Å². The molecule has 0 N–H and O–H groups in total. The van der Waals surface area contributed by atoms with Crippen LogP contribution in [0.4, 0.5) is 0 Å². The number of fused-ring (bicyclic) bond motifs is 3. The highest BCUT2D eigenvalue weighted by atomic mass is 32.1. The van der Waals surface area contributed by atoms with E-state index in [1.807, 2.05) is 30.3 Å². The van der Waals surface area contributed by atoms with Gasteiger partial charge in [0.2, 0.25) is 0 Å². The van der Waals surface area contributed by atoms with Crippen molar-refractivity contribution in [3.05, 3.63) is 67.2 Å². The average molecular weight is 397 g/mol. The van der Waals surface area contributed by atoms with Gasteiger partial charge in [-0.25, -0.2) is 4.79 Å². The number of rotatable bonds is 5. The third kappa shape index (κ3) is 3.30. The summed E-state index contributed by atoms with van der Waals surface area (Å²) in [5.41, 5.74) is 0.982. The third-order valence-corrected chi connectivity index (χ3v) is 6.69. The van der Waals surface area contributed by atoms with E-state index < -0.39 is 23.8 Å². The quantitative estimate of drug-likeness (QED) is 0.650. The molecule has 1 aromatic carbocycles. The summed E-state index contributed by atoms with van der Waals surface area (Å²) in [5, 5.41) is 11.7. The lowest BCUT2D eigenvalue weighted by atomic mass is 9.89. The molecule has 0 spiro atoms. The van der Waals surface area contributed by atoms with Crippen molar-refractivity contribution < 1.29 is 9.90 Å². The van der Waals surface area contributed by atoms with Crippen LogP contribution in [0.5, 0.6) is 0 Å². The van der Waals surface area contributed by atoms with Crippen molar-refractivity contribution in [1.29, 1.82) is 0 Å². The minimum Gasteiger partial charge on any atom is -0.548 e. The predicted molar refractivity (Wildman–Crippen MR) is 107 cm³/mol. The first-order valence-corrected chi connectivity index (χ1v) is 10.3. The molecule has 0 fully saturated rings. The van der Waals surface area contributed by atoms with Gasteiger partial charge >= 0.3 is 5.69 Å². The maximum atomic E-state index is 13.0. The van der Waals surface area contributed by atoms with Crippen LogP contribution in [0.3, 0.4) is 0 Å². The summed E-state index contributed by atoms with van der Waals surface area (Å²) in [4.78, 5) is 38.9. The molecule has 4 rings (SSSR count). The number of aromatic nitrogens is 2. The Morgan fingerprint density at radius 3 is 2.68 bits per heavy atom. The molecule has 2 heterocycles. The van der Waals surface area contributed by atoms with Crippen molar-refractivity contribution in [2.24, 2.45) is 5.92 Å². The number of thiophene rings is 1. The SMILES string of the molecule is C[C@@H]1CCc2c(sc3c2c(=O)n(CC(=O)[O-])c(=O)n3CCc2ccccc2)C1. The van der Waals surface area contributed by atoms with Gasteiger partial charge in [-0.05, 0) is 42.7 Å². The van der Waals surface area contributed by atoms with Crippen molar-refractivity contribution >= 4 is 27.5 Å². The second kappa shape index (κ2) is 7.39. The average Bonchev–Trinajstić information content (AvgIpc) is 3.04. The molecule has 28 heavy (non-hydrogen) atoms. The van der Waals surface area contributed by atoms with Crippen LogP contribution in [-0.2, 0) is 37.1 Å². The number of aryl methyl sites for hydroxylation is 3. The number of carbonyl (C=O) groups is 1. The summed E-state index contributed by atoms with van der Waals surface area (Å²) in [6.07, 6.45) is 3.29. The molecule has 2 aromatic heterocycles. The van der Waals surface area contributed by atoms with Crippen molar-refractivity contribution in [2.75, 3.05) is 0 Å². The fourth-order valence-electron chi connectivity index (χ4n) is 3.95. The highest BCUT2D eigenvalue weighted by Crippen LogP contribution is 2.36. The molecule has 3 aromatic rings. The molecule has 0 unspecified atom stereocenters. The lowest BCUT2D eigenvalue weighted by Crippen LogP contribution is -2.44. The van der Waals surface area contributed by atoms with Crippen LogP contribution in [0.1, 0.15) is 29.3 Å². The standard InChI is InChI=1S/C21H22N2O4S/c1-13-7-8-15-16(11-13)28-20-18(15)19(26)23(12-17(24)25)21(27)22(20)10-9-14-5-3-2-4-6-14/h2-6,13H,7-12H2,1H3,(H,24,25)/p-1/t13-/m1/s1. The van der Waals surface area contributed by atoms with E-state index in [4.69, 9.17) is 0 Å². The van der Waals surface area contributed by atoms with Crippen LogP contribution in [0.25, 0.3) is 10.2 Å². The van der Waals surface area contributed by atoms with Crippen molar-refractivity contribution in [1.82, 2.24) is 9.13 Å². The molecule has 0 radical (unpaired) electrons. The molecule has 6 nitrogen and oxygen atoms in total. The largest absolute Gasteiger partial charge is 0.548 e. The molecule has 0 aliphatic heterocycles. The van der Waals surface area contributed by atoms with Crippen LogP contribution in [0.2, 0.25) is 0 Å². The summed E-state index contributed by atoms with van der Waals surface area (Å²) in [7, 11) is 0. The second-order valence-electron chi connectivity index (χ2n) is 7.47. The highest BCUT2D eigenvalue weighted by molar-refractivity contribution is 7.18. The number of benzene rings is 1. The van der Waals surface area contributed by atoms with Crippen LogP contribution >= 0.6 is 11.3 Å². The van der Waals surface area contributed by atoms with Gasteiger partial charge in [0.05, 0.1) is 17.9 Å². The van der Waals surface area contributed by atoms with E-state index in [0.29, 0.717) is 29.1 Å². The fraction of sp³-hybridized carbons (Fsp3) is 0.381. The predicted octanol–water partition coefficient (Wildman–Crippen LogP) is 1.34. The Morgan fingerprint density at radius 2 is 1.96 bits per heavy atom. The van der Waals surface area contributed by atoms with E-state index in [-0.39, 0.29) is 0 Å². The monoisotopic (exact) mass is 397 g/mol. The van der Waals surface area contributed by atoms with Gasteiger partial charge in [-0.1, -0.05) is 37.3 Å². The zero-order valence-corrected chi connectivity index (χ0v) is 16.5. The van der Waals surface area contributed by atoms with Crippen LogP contribution in [0, 0.1) is 5.92 Å². The molecule has 0 bridgehead atoms. The van der Waals surface area contributed by atoms with E-state index in [1.165, 1.54) is 11.3 Å². The van der Waals surface area contributed by atoms with Gasteiger partial charge in [-0.3, -0.25) is 13.9 Å². The van der Waals surface area contributed by atoms with E-state index in [0.717, 1.165) is 39.8 Å². The van der Waals surface area contributed by atoms with Gasteiger partial charge in [0.25, 0.3) is 5.56 Å².